The molecule has 0 aliphatic carbocycles. The molecule has 7 nitrogen and oxygen atoms in total. The average Bonchev–Trinajstić information content (AvgIpc) is 2.99. The minimum atomic E-state index is -3.81. The Hall–Kier alpha value is -2.71. The lowest BCUT2D eigenvalue weighted by Crippen LogP contribution is -2.47. The Labute approximate surface area is 157 Å². The number of rotatable bonds is 6. The number of hydrogen-bond donors (Lipinski definition) is 2. The zero-order valence-electron chi connectivity index (χ0n) is 15.3. The number of hydrogen-bond acceptors (Lipinski definition) is 5. The van der Waals surface area contributed by atoms with Crippen LogP contribution in [0.2, 0.25) is 0 Å². The number of oxazole rings is 1. The molecule has 3 aromatic rings. The van der Waals surface area contributed by atoms with Crippen molar-refractivity contribution in [3.63, 3.8) is 0 Å². The van der Waals surface area contributed by atoms with Gasteiger partial charge in [-0.2, -0.15) is 4.72 Å². The van der Waals surface area contributed by atoms with Crippen LogP contribution in [0, 0.1) is 12.8 Å². The van der Waals surface area contributed by atoms with Crippen molar-refractivity contribution in [3.8, 4) is 0 Å². The van der Waals surface area contributed by atoms with E-state index in [0.717, 1.165) is 0 Å². The molecule has 0 spiro atoms. The zero-order chi connectivity index (χ0) is 19.6. The fourth-order valence-corrected chi connectivity index (χ4v) is 4.03. The van der Waals surface area contributed by atoms with E-state index in [9.17, 15) is 13.2 Å². The second-order valence-electron chi connectivity index (χ2n) is 6.56. The van der Waals surface area contributed by atoms with Gasteiger partial charge in [0, 0.05) is 12.6 Å². The maximum absolute atomic E-state index is 12.7. The summed E-state index contributed by atoms with van der Waals surface area (Å²) in [5, 5.41) is 2.75. The molecule has 3 rings (SSSR count). The Balaban J connectivity index is 1.80. The van der Waals surface area contributed by atoms with Crippen LogP contribution in [0.15, 0.2) is 57.8 Å². The number of carbonyl (C=O) groups excluding carboxylic acids is 1. The fraction of sp³-hybridized carbons (Fsp3) is 0.263. The first kappa shape index (κ1) is 19.1. The summed E-state index contributed by atoms with van der Waals surface area (Å²) in [5.41, 5.74) is 1.76. The first-order valence-corrected chi connectivity index (χ1v) is 10.00. The van der Waals surface area contributed by atoms with Crippen LogP contribution < -0.4 is 10.0 Å². The van der Waals surface area contributed by atoms with Crippen LogP contribution in [0.25, 0.3) is 11.1 Å². The number of aromatic nitrogens is 1. The molecule has 0 bridgehead atoms. The van der Waals surface area contributed by atoms with Gasteiger partial charge in [-0.3, -0.25) is 4.79 Å². The van der Waals surface area contributed by atoms with Crippen molar-refractivity contribution in [2.45, 2.75) is 31.7 Å². The average molecular weight is 387 g/mol. The smallest absolute Gasteiger partial charge is 0.242 e. The van der Waals surface area contributed by atoms with Gasteiger partial charge in [0.05, 0.1) is 4.90 Å². The summed E-state index contributed by atoms with van der Waals surface area (Å²) in [6, 6.07) is 12.1. The van der Waals surface area contributed by atoms with Crippen LogP contribution in [0.5, 0.6) is 0 Å². The van der Waals surface area contributed by atoms with Gasteiger partial charge in [-0.25, -0.2) is 13.4 Å². The molecule has 142 valence electrons. The molecular formula is C19H21N3O4S. The van der Waals surface area contributed by atoms with Crippen molar-refractivity contribution in [1.82, 2.24) is 9.71 Å². The Morgan fingerprint density at radius 2 is 1.81 bits per heavy atom. The van der Waals surface area contributed by atoms with Crippen molar-refractivity contribution >= 4 is 32.7 Å². The number of aryl methyl sites for hydroxylation is 1. The third kappa shape index (κ3) is 4.35. The van der Waals surface area contributed by atoms with Crippen LogP contribution in [-0.2, 0) is 14.8 Å². The number of nitrogens with one attached hydrogen (secondary N) is 2. The van der Waals surface area contributed by atoms with Gasteiger partial charge in [0.1, 0.15) is 11.6 Å². The molecule has 0 saturated heterocycles. The number of amides is 1. The molecule has 0 radical (unpaired) electrons. The number of nitrogens with zero attached hydrogens (tertiary/aromatic N) is 1. The second kappa shape index (κ2) is 7.50. The summed E-state index contributed by atoms with van der Waals surface area (Å²) in [6.07, 6.45) is 0. The topological polar surface area (TPSA) is 101 Å². The molecule has 1 atom stereocenters. The highest BCUT2D eigenvalue weighted by Crippen LogP contribution is 2.20. The fourth-order valence-electron chi connectivity index (χ4n) is 2.67. The lowest BCUT2D eigenvalue weighted by atomic mass is 10.0. The third-order valence-electron chi connectivity index (χ3n) is 4.05. The molecule has 0 aliphatic rings. The van der Waals surface area contributed by atoms with Gasteiger partial charge >= 0.3 is 0 Å². The van der Waals surface area contributed by atoms with Crippen LogP contribution in [0.3, 0.4) is 0 Å². The molecule has 0 aliphatic heterocycles. The van der Waals surface area contributed by atoms with E-state index in [1.807, 2.05) is 0 Å². The minimum absolute atomic E-state index is 0.114. The van der Waals surface area contributed by atoms with Gasteiger partial charge in [-0.05, 0) is 36.2 Å². The standard InChI is InChI=1S/C19H21N3O4S/c1-12(2)18(22-27(24,25)15-7-5-4-6-8-15)19(23)21-14-9-10-17-16(11-14)20-13(3)26-17/h4-12,18,22H,1-3H3,(H,21,23)/t18-/m0/s1. The predicted molar refractivity (Wildman–Crippen MR) is 103 cm³/mol. The second-order valence-corrected chi connectivity index (χ2v) is 8.27. The van der Waals surface area contributed by atoms with E-state index in [4.69, 9.17) is 4.42 Å². The predicted octanol–water partition coefficient (Wildman–Crippen LogP) is 3.08. The zero-order valence-corrected chi connectivity index (χ0v) is 16.1. The molecule has 1 heterocycles. The van der Waals surface area contributed by atoms with E-state index in [2.05, 4.69) is 15.0 Å². The summed E-state index contributed by atoms with van der Waals surface area (Å²) < 4.78 is 33.0. The van der Waals surface area contributed by atoms with Gasteiger partial charge < -0.3 is 9.73 Å². The first-order valence-electron chi connectivity index (χ1n) is 8.52. The van der Waals surface area contributed by atoms with Gasteiger partial charge in [0.2, 0.25) is 15.9 Å². The van der Waals surface area contributed by atoms with Crippen molar-refractivity contribution < 1.29 is 17.6 Å². The van der Waals surface area contributed by atoms with Crippen LogP contribution in [0.1, 0.15) is 19.7 Å². The third-order valence-corrected chi connectivity index (χ3v) is 5.50. The first-order chi connectivity index (χ1) is 12.8. The highest BCUT2D eigenvalue weighted by Gasteiger charge is 2.28. The monoisotopic (exact) mass is 387 g/mol. The number of benzene rings is 2. The molecule has 8 heteroatoms. The van der Waals surface area contributed by atoms with E-state index in [1.54, 1.807) is 57.2 Å². The Morgan fingerprint density at radius 1 is 1.11 bits per heavy atom. The highest BCUT2D eigenvalue weighted by atomic mass is 32.2. The molecule has 1 amide bonds. The highest BCUT2D eigenvalue weighted by molar-refractivity contribution is 7.89. The molecule has 2 N–H and O–H groups in total. The van der Waals surface area contributed by atoms with Gasteiger partial charge in [-0.15, -0.1) is 0 Å². The lowest BCUT2D eigenvalue weighted by Gasteiger charge is -2.21. The van der Waals surface area contributed by atoms with E-state index < -0.39 is 22.0 Å². The van der Waals surface area contributed by atoms with E-state index in [1.165, 1.54) is 12.1 Å². The maximum Gasteiger partial charge on any atom is 0.242 e. The van der Waals surface area contributed by atoms with E-state index >= 15 is 0 Å². The van der Waals surface area contributed by atoms with Gasteiger partial charge in [0.25, 0.3) is 0 Å². The molecule has 2 aromatic carbocycles. The largest absolute Gasteiger partial charge is 0.441 e. The summed E-state index contributed by atoms with van der Waals surface area (Å²) >= 11 is 0. The van der Waals surface area contributed by atoms with Crippen molar-refractivity contribution in [2.24, 2.45) is 5.92 Å². The molecule has 0 fully saturated rings. The van der Waals surface area contributed by atoms with Crippen LogP contribution in [0.4, 0.5) is 5.69 Å². The Morgan fingerprint density at radius 3 is 2.48 bits per heavy atom. The Bertz CT molecular complexity index is 1060. The summed E-state index contributed by atoms with van der Waals surface area (Å²) in [6.45, 7) is 5.30. The summed E-state index contributed by atoms with van der Waals surface area (Å²) in [5.74, 6) is -0.158. The molecular weight excluding hydrogens is 366 g/mol. The van der Waals surface area contributed by atoms with Crippen molar-refractivity contribution in [3.05, 3.63) is 54.4 Å². The van der Waals surface area contributed by atoms with Gasteiger partial charge in [0.15, 0.2) is 11.5 Å². The summed E-state index contributed by atoms with van der Waals surface area (Å²) in [4.78, 5) is 17.1. The minimum Gasteiger partial charge on any atom is -0.441 e. The number of fused-ring (bicyclic) bond motifs is 1. The van der Waals surface area contributed by atoms with E-state index in [-0.39, 0.29) is 10.8 Å². The maximum atomic E-state index is 12.7. The molecule has 27 heavy (non-hydrogen) atoms. The summed E-state index contributed by atoms with van der Waals surface area (Å²) in [7, 11) is -3.81. The normalized spacial score (nSPS) is 13.0. The number of sulfonamides is 1. The SMILES string of the molecule is Cc1nc2cc(NC(=O)[C@@H](NS(=O)(=O)c3ccccc3)C(C)C)ccc2o1. The molecule has 0 unspecified atom stereocenters. The quantitative estimate of drug-likeness (QED) is 0.677. The molecule has 0 saturated carbocycles. The van der Waals surface area contributed by atoms with Crippen molar-refractivity contribution in [2.75, 3.05) is 5.32 Å². The van der Waals surface area contributed by atoms with Gasteiger partial charge in [-0.1, -0.05) is 32.0 Å². The van der Waals surface area contributed by atoms with Crippen molar-refractivity contribution in [1.29, 1.82) is 0 Å². The Kier molecular flexibility index (Phi) is 5.29. The van der Waals surface area contributed by atoms with E-state index in [0.29, 0.717) is 22.7 Å². The molecule has 1 aromatic heterocycles. The van der Waals surface area contributed by atoms with Crippen LogP contribution >= 0.6 is 0 Å². The number of carbonyl (C=O) groups is 1. The van der Waals surface area contributed by atoms with Crippen LogP contribution in [-0.4, -0.2) is 25.4 Å². The lowest BCUT2D eigenvalue weighted by molar-refractivity contribution is -0.118. The number of anilines is 1.